The Morgan fingerprint density at radius 1 is 1.33 bits per heavy atom. The molecule has 0 spiro atoms. The number of fused-ring (bicyclic) bond motifs is 1. The second-order valence-corrected chi connectivity index (χ2v) is 5.43. The van der Waals surface area contributed by atoms with Crippen molar-refractivity contribution in [3.63, 3.8) is 0 Å². The summed E-state index contributed by atoms with van der Waals surface area (Å²) in [5.41, 5.74) is 3.34. The van der Waals surface area contributed by atoms with Crippen LogP contribution in [0.25, 0.3) is 0 Å². The second-order valence-electron chi connectivity index (χ2n) is 5.43. The fourth-order valence-corrected chi connectivity index (χ4v) is 2.89. The van der Waals surface area contributed by atoms with Gasteiger partial charge in [0.2, 0.25) is 0 Å². The van der Waals surface area contributed by atoms with E-state index in [0.717, 1.165) is 18.6 Å². The van der Waals surface area contributed by atoms with Gasteiger partial charge in [-0.3, -0.25) is 0 Å². The molecule has 0 unspecified atom stereocenters. The van der Waals surface area contributed by atoms with E-state index < -0.39 is 0 Å². The smallest absolute Gasteiger partial charge is 0.341 e. The molecular formula is C17H19NO3. The Bertz CT molecular complexity index is 635. The third kappa shape index (κ3) is 2.85. The highest BCUT2D eigenvalue weighted by Crippen LogP contribution is 2.22. The first-order chi connectivity index (χ1) is 10.2. The molecule has 0 atom stereocenters. The number of rotatable bonds is 4. The van der Waals surface area contributed by atoms with E-state index in [4.69, 9.17) is 9.15 Å². The van der Waals surface area contributed by atoms with Gasteiger partial charge in [-0.25, -0.2) is 4.79 Å². The van der Waals surface area contributed by atoms with E-state index in [0.29, 0.717) is 23.9 Å². The second kappa shape index (κ2) is 5.74. The van der Waals surface area contributed by atoms with Gasteiger partial charge in [-0.15, -0.1) is 0 Å². The largest absolute Gasteiger partial charge is 0.465 e. The molecular weight excluding hydrogens is 266 g/mol. The number of methoxy groups -OCH3 is 1. The molecule has 21 heavy (non-hydrogen) atoms. The predicted octanol–water partition coefficient (Wildman–Crippen LogP) is 2.63. The Balaban J connectivity index is 1.61. The van der Waals surface area contributed by atoms with E-state index in [2.05, 4.69) is 29.6 Å². The standard InChI is InChI=1S/C17H19NO3/c1-11-16(17(19)20-2)9-15(21-11)10-18-14-7-12-5-3-4-6-13(12)8-14/h3-6,9,14,18H,7-8,10H2,1-2H3. The molecule has 0 saturated carbocycles. The summed E-state index contributed by atoms with van der Waals surface area (Å²) in [4.78, 5) is 11.6. The van der Waals surface area contributed by atoms with Crippen LogP contribution in [0.5, 0.6) is 0 Å². The number of nitrogens with one attached hydrogen (secondary N) is 1. The van der Waals surface area contributed by atoms with Crippen LogP contribution in [0.3, 0.4) is 0 Å². The minimum atomic E-state index is -0.351. The van der Waals surface area contributed by atoms with Crippen molar-refractivity contribution in [2.45, 2.75) is 32.4 Å². The van der Waals surface area contributed by atoms with Crippen molar-refractivity contribution < 1.29 is 13.9 Å². The molecule has 0 saturated heterocycles. The van der Waals surface area contributed by atoms with Gasteiger partial charge in [-0.1, -0.05) is 24.3 Å². The minimum absolute atomic E-state index is 0.351. The van der Waals surface area contributed by atoms with Crippen LogP contribution < -0.4 is 5.32 Å². The minimum Gasteiger partial charge on any atom is -0.465 e. The summed E-state index contributed by atoms with van der Waals surface area (Å²) in [5.74, 6) is 1.02. The average Bonchev–Trinajstić information content (AvgIpc) is 3.07. The molecule has 1 heterocycles. The Morgan fingerprint density at radius 3 is 2.62 bits per heavy atom. The van der Waals surface area contributed by atoms with Crippen LogP contribution in [-0.2, 0) is 24.1 Å². The molecule has 0 fully saturated rings. The Labute approximate surface area is 124 Å². The zero-order valence-electron chi connectivity index (χ0n) is 12.3. The summed E-state index contributed by atoms with van der Waals surface area (Å²) < 4.78 is 10.3. The molecule has 1 aromatic heterocycles. The first-order valence-electron chi connectivity index (χ1n) is 7.15. The van der Waals surface area contributed by atoms with Gasteiger partial charge in [0.15, 0.2) is 0 Å². The van der Waals surface area contributed by atoms with Gasteiger partial charge in [0.25, 0.3) is 0 Å². The summed E-state index contributed by atoms with van der Waals surface area (Å²) in [6.07, 6.45) is 2.08. The van der Waals surface area contributed by atoms with Crippen molar-refractivity contribution in [3.8, 4) is 0 Å². The summed E-state index contributed by atoms with van der Waals surface area (Å²) in [5, 5.41) is 3.50. The summed E-state index contributed by atoms with van der Waals surface area (Å²) in [7, 11) is 1.38. The van der Waals surface area contributed by atoms with Crippen LogP contribution in [0.1, 0.15) is 33.0 Å². The molecule has 4 nitrogen and oxygen atoms in total. The number of esters is 1. The van der Waals surface area contributed by atoms with E-state index in [-0.39, 0.29) is 5.97 Å². The van der Waals surface area contributed by atoms with Gasteiger partial charge in [0.05, 0.1) is 13.7 Å². The van der Waals surface area contributed by atoms with Gasteiger partial charge in [0, 0.05) is 6.04 Å². The number of benzene rings is 1. The molecule has 0 amide bonds. The van der Waals surface area contributed by atoms with Gasteiger partial charge < -0.3 is 14.5 Å². The van der Waals surface area contributed by atoms with Crippen LogP contribution in [0.4, 0.5) is 0 Å². The lowest BCUT2D eigenvalue weighted by Gasteiger charge is -2.10. The molecule has 1 aliphatic rings. The fourth-order valence-electron chi connectivity index (χ4n) is 2.89. The maximum Gasteiger partial charge on any atom is 0.341 e. The zero-order chi connectivity index (χ0) is 14.8. The van der Waals surface area contributed by atoms with Crippen molar-refractivity contribution in [2.75, 3.05) is 7.11 Å². The Hall–Kier alpha value is -2.07. The lowest BCUT2D eigenvalue weighted by atomic mass is 10.1. The van der Waals surface area contributed by atoms with Gasteiger partial charge >= 0.3 is 5.97 Å². The first kappa shape index (κ1) is 13.9. The maximum atomic E-state index is 11.6. The van der Waals surface area contributed by atoms with Crippen molar-refractivity contribution in [1.29, 1.82) is 0 Å². The summed E-state index contributed by atoms with van der Waals surface area (Å²) in [6, 6.07) is 10.7. The first-order valence-corrected chi connectivity index (χ1v) is 7.15. The van der Waals surface area contributed by atoms with E-state index in [1.54, 1.807) is 13.0 Å². The van der Waals surface area contributed by atoms with Crippen molar-refractivity contribution in [1.82, 2.24) is 5.32 Å². The molecule has 1 aromatic carbocycles. The maximum absolute atomic E-state index is 11.6. The van der Waals surface area contributed by atoms with E-state index in [1.807, 2.05) is 0 Å². The third-order valence-electron chi connectivity index (χ3n) is 3.99. The highest BCUT2D eigenvalue weighted by molar-refractivity contribution is 5.90. The Morgan fingerprint density at radius 2 is 2.00 bits per heavy atom. The SMILES string of the molecule is COC(=O)c1cc(CNC2Cc3ccccc3C2)oc1C. The molecule has 1 N–H and O–H groups in total. The van der Waals surface area contributed by atoms with Crippen LogP contribution in [-0.4, -0.2) is 19.1 Å². The zero-order valence-corrected chi connectivity index (χ0v) is 12.3. The molecule has 4 heteroatoms. The van der Waals surface area contributed by atoms with E-state index in [1.165, 1.54) is 18.2 Å². The highest BCUT2D eigenvalue weighted by atomic mass is 16.5. The number of carbonyl (C=O) groups is 1. The Kier molecular flexibility index (Phi) is 3.80. The number of hydrogen-bond donors (Lipinski definition) is 1. The van der Waals surface area contributed by atoms with Crippen LogP contribution in [0.15, 0.2) is 34.7 Å². The summed E-state index contributed by atoms with van der Waals surface area (Å²) >= 11 is 0. The molecule has 2 aromatic rings. The van der Waals surface area contributed by atoms with Crippen LogP contribution in [0.2, 0.25) is 0 Å². The van der Waals surface area contributed by atoms with Crippen molar-refractivity contribution in [3.05, 3.63) is 58.5 Å². The van der Waals surface area contributed by atoms with Gasteiger partial charge in [0.1, 0.15) is 17.1 Å². The van der Waals surface area contributed by atoms with Crippen molar-refractivity contribution in [2.24, 2.45) is 0 Å². The quantitative estimate of drug-likeness (QED) is 0.877. The number of hydrogen-bond acceptors (Lipinski definition) is 4. The molecule has 1 aliphatic carbocycles. The van der Waals surface area contributed by atoms with E-state index >= 15 is 0 Å². The lowest BCUT2D eigenvalue weighted by molar-refractivity contribution is 0.0599. The molecule has 3 rings (SSSR count). The lowest BCUT2D eigenvalue weighted by Crippen LogP contribution is -2.28. The number of ether oxygens (including phenoxy) is 1. The fraction of sp³-hybridized carbons (Fsp3) is 0.353. The topological polar surface area (TPSA) is 51.5 Å². The van der Waals surface area contributed by atoms with E-state index in [9.17, 15) is 4.79 Å². The molecule has 0 aliphatic heterocycles. The highest BCUT2D eigenvalue weighted by Gasteiger charge is 2.21. The van der Waals surface area contributed by atoms with Gasteiger partial charge in [-0.2, -0.15) is 0 Å². The molecule has 0 radical (unpaired) electrons. The molecule has 0 bridgehead atoms. The average molecular weight is 285 g/mol. The normalized spacial score (nSPS) is 14.2. The number of furan rings is 1. The number of carbonyl (C=O) groups excluding carboxylic acids is 1. The monoisotopic (exact) mass is 285 g/mol. The number of aryl methyl sites for hydroxylation is 1. The molecule has 110 valence electrons. The predicted molar refractivity (Wildman–Crippen MR) is 79.3 cm³/mol. The van der Waals surface area contributed by atoms with Crippen LogP contribution >= 0.6 is 0 Å². The van der Waals surface area contributed by atoms with Crippen LogP contribution in [0, 0.1) is 6.92 Å². The summed E-state index contributed by atoms with van der Waals surface area (Å²) in [6.45, 7) is 2.40. The van der Waals surface area contributed by atoms with Gasteiger partial charge in [-0.05, 0) is 37.0 Å². The third-order valence-corrected chi connectivity index (χ3v) is 3.99. The van der Waals surface area contributed by atoms with Crippen molar-refractivity contribution >= 4 is 5.97 Å².